The summed E-state index contributed by atoms with van der Waals surface area (Å²) in [5.41, 5.74) is 0. The summed E-state index contributed by atoms with van der Waals surface area (Å²) in [6.45, 7) is 4.16. The summed E-state index contributed by atoms with van der Waals surface area (Å²) in [4.78, 5) is 10.9. The van der Waals surface area contributed by atoms with Crippen LogP contribution in [0.1, 0.15) is 33.1 Å². The number of Topliss-reactive ketones (excluding diaryl/α,β-unsaturated/α-hetero) is 1. The fourth-order valence-electron chi connectivity index (χ4n) is 1.45. The molecule has 0 spiro atoms. The van der Waals surface area contributed by atoms with E-state index in [1.54, 1.807) is 0 Å². The highest BCUT2D eigenvalue weighted by Crippen LogP contribution is 2.34. The van der Waals surface area contributed by atoms with Crippen molar-refractivity contribution < 1.29 is 4.79 Å². The molecular weight excluding hydrogens is 112 g/mol. The Balaban J connectivity index is 2.23. The van der Waals surface area contributed by atoms with Crippen molar-refractivity contribution in [3.63, 3.8) is 0 Å². The molecular formula is C8H14O. The van der Waals surface area contributed by atoms with Gasteiger partial charge in [-0.1, -0.05) is 13.8 Å². The van der Waals surface area contributed by atoms with Gasteiger partial charge in [0, 0.05) is 12.3 Å². The monoisotopic (exact) mass is 126 g/mol. The van der Waals surface area contributed by atoms with Crippen LogP contribution in [0.3, 0.4) is 0 Å². The maximum absolute atomic E-state index is 10.9. The van der Waals surface area contributed by atoms with E-state index in [1.807, 2.05) is 6.92 Å². The lowest BCUT2D eigenvalue weighted by Crippen LogP contribution is -2.27. The number of carbonyl (C=O) groups is 1. The zero-order valence-corrected chi connectivity index (χ0v) is 6.18. The Morgan fingerprint density at radius 1 is 1.56 bits per heavy atom. The number of hydrogen-bond acceptors (Lipinski definition) is 1. The summed E-state index contributed by atoms with van der Waals surface area (Å²) in [5.74, 6) is 1.71. The third-order valence-electron chi connectivity index (χ3n) is 2.18. The van der Waals surface area contributed by atoms with Crippen LogP contribution in [0, 0.1) is 11.8 Å². The van der Waals surface area contributed by atoms with Crippen molar-refractivity contribution in [3.05, 3.63) is 0 Å². The van der Waals surface area contributed by atoms with Gasteiger partial charge in [-0.3, -0.25) is 4.79 Å². The maximum Gasteiger partial charge on any atom is 0.135 e. The summed E-state index contributed by atoms with van der Waals surface area (Å²) in [6.07, 6.45) is 3.02. The van der Waals surface area contributed by atoms with E-state index in [0.29, 0.717) is 11.7 Å². The molecule has 0 aromatic rings. The minimum Gasteiger partial charge on any atom is -0.299 e. The molecule has 0 heterocycles. The van der Waals surface area contributed by atoms with Crippen LogP contribution in [0.5, 0.6) is 0 Å². The minimum absolute atomic E-state index is 0.435. The third-order valence-corrected chi connectivity index (χ3v) is 2.18. The molecule has 0 bridgehead atoms. The SMILES string of the molecule is CCC(=O)C1CC(C)C1. The molecule has 0 aromatic heterocycles. The molecule has 0 saturated heterocycles. The van der Waals surface area contributed by atoms with Crippen LogP contribution < -0.4 is 0 Å². The first-order valence-corrected chi connectivity index (χ1v) is 3.76. The van der Waals surface area contributed by atoms with Gasteiger partial charge in [0.2, 0.25) is 0 Å². The lowest BCUT2D eigenvalue weighted by molar-refractivity contribution is -0.126. The van der Waals surface area contributed by atoms with Crippen molar-refractivity contribution in [2.24, 2.45) is 11.8 Å². The van der Waals surface area contributed by atoms with Crippen LogP contribution in [0.25, 0.3) is 0 Å². The van der Waals surface area contributed by atoms with E-state index >= 15 is 0 Å². The van der Waals surface area contributed by atoms with E-state index in [-0.39, 0.29) is 0 Å². The van der Waals surface area contributed by atoms with Crippen LogP contribution in [0.2, 0.25) is 0 Å². The number of hydrogen-bond donors (Lipinski definition) is 0. The van der Waals surface area contributed by atoms with Gasteiger partial charge in [-0.25, -0.2) is 0 Å². The molecule has 0 amide bonds. The Hall–Kier alpha value is -0.330. The first kappa shape index (κ1) is 6.79. The zero-order chi connectivity index (χ0) is 6.85. The quantitative estimate of drug-likeness (QED) is 0.553. The fourth-order valence-corrected chi connectivity index (χ4v) is 1.45. The largest absolute Gasteiger partial charge is 0.299 e. The first-order chi connectivity index (χ1) is 4.24. The van der Waals surface area contributed by atoms with Gasteiger partial charge in [-0.05, 0) is 18.8 Å². The van der Waals surface area contributed by atoms with Crippen LogP contribution >= 0.6 is 0 Å². The molecule has 52 valence electrons. The molecule has 1 aliphatic carbocycles. The molecule has 1 fully saturated rings. The molecule has 0 aromatic carbocycles. The van der Waals surface area contributed by atoms with E-state index in [9.17, 15) is 4.79 Å². The van der Waals surface area contributed by atoms with Crippen LogP contribution in [-0.4, -0.2) is 5.78 Å². The molecule has 0 radical (unpaired) electrons. The average molecular weight is 126 g/mol. The van der Waals surface area contributed by atoms with E-state index in [4.69, 9.17) is 0 Å². The Bertz CT molecular complexity index is 112. The molecule has 1 saturated carbocycles. The van der Waals surface area contributed by atoms with Crippen molar-refractivity contribution in [2.75, 3.05) is 0 Å². The Kier molecular flexibility index (Phi) is 1.89. The highest BCUT2D eigenvalue weighted by atomic mass is 16.1. The van der Waals surface area contributed by atoms with Crippen molar-refractivity contribution in [2.45, 2.75) is 33.1 Å². The summed E-state index contributed by atoms with van der Waals surface area (Å²) in [7, 11) is 0. The van der Waals surface area contributed by atoms with E-state index in [1.165, 1.54) is 0 Å². The lowest BCUT2D eigenvalue weighted by atomic mass is 9.73. The number of rotatable bonds is 2. The molecule has 1 nitrogen and oxygen atoms in total. The van der Waals surface area contributed by atoms with Gasteiger partial charge in [0.05, 0.1) is 0 Å². The van der Waals surface area contributed by atoms with Crippen molar-refractivity contribution in [3.8, 4) is 0 Å². The topological polar surface area (TPSA) is 17.1 Å². The van der Waals surface area contributed by atoms with Gasteiger partial charge in [-0.2, -0.15) is 0 Å². The first-order valence-electron chi connectivity index (χ1n) is 3.76. The predicted molar refractivity (Wildman–Crippen MR) is 37.2 cm³/mol. The highest BCUT2D eigenvalue weighted by molar-refractivity contribution is 5.81. The fraction of sp³-hybridized carbons (Fsp3) is 0.875. The van der Waals surface area contributed by atoms with Crippen LogP contribution in [-0.2, 0) is 4.79 Å². The van der Waals surface area contributed by atoms with Crippen molar-refractivity contribution in [1.82, 2.24) is 0 Å². The summed E-state index contributed by atoms with van der Waals surface area (Å²) in [6, 6.07) is 0. The molecule has 1 rings (SSSR count). The van der Waals surface area contributed by atoms with E-state index < -0.39 is 0 Å². The van der Waals surface area contributed by atoms with Gasteiger partial charge in [-0.15, -0.1) is 0 Å². The van der Waals surface area contributed by atoms with Crippen LogP contribution in [0.4, 0.5) is 0 Å². The summed E-state index contributed by atoms with van der Waals surface area (Å²) >= 11 is 0. The summed E-state index contributed by atoms with van der Waals surface area (Å²) in [5, 5.41) is 0. The van der Waals surface area contributed by atoms with E-state index in [0.717, 1.165) is 25.2 Å². The third kappa shape index (κ3) is 1.32. The van der Waals surface area contributed by atoms with Crippen molar-refractivity contribution >= 4 is 5.78 Å². The van der Waals surface area contributed by atoms with Gasteiger partial charge in [0.1, 0.15) is 5.78 Å². The number of carbonyl (C=O) groups excluding carboxylic acids is 1. The molecule has 0 N–H and O–H groups in total. The average Bonchev–Trinajstić information content (AvgIpc) is 1.79. The standard InChI is InChI=1S/C8H14O/c1-3-8(9)7-4-6(2)5-7/h6-7H,3-5H2,1-2H3. The second kappa shape index (κ2) is 2.51. The Morgan fingerprint density at radius 2 is 2.11 bits per heavy atom. The lowest BCUT2D eigenvalue weighted by Gasteiger charge is -2.30. The normalized spacial score (nSPS) is 33.6. The Labute approximate surface area is 56.4 Å². The smallest absolute Gasteiger partial charge is 0.135 e. The van der Waals surface area contributed by atoms with Crippen molar-refractivity contribution in [1.29, 1.82) is 0 Å². The zero-order valence-electron chi connectivity index (χ0n) is 6.18. The predicted octanol–water partition coefficient (Wildman–Crippen LogP) is 2.01. The molecule has 0 aliphatic heterocycles. The van der Waals surface area contributed by atoms with Gasteiger partial charge in [0.25, 0.3) is 0 Å². The van der Waals surface area contributed by atoms with E-state index in [2.05, 4.69) is 6.92 Å². The molecule has 0 unspecified atom stereocenters. The maximum atomic E-state index is 10.9. The number of ketones is 1. The summed E-state index contributed by atoms with van der Waals surface area (Å²) < 4.78 is 0. The Morgan fingerprint density at radius 3 is 2.44 bits per heavy atom. The molecule has 0 atom stereocenters. The minimum atomic E-state index is 0.435. The molecule has 9 heavy (non-hydrogen) atoms. The second-order valence-electron chi connectivity index (χ2n) is 3.09. The van der Waals surface area contributed by atoms with Gasteiger partial charge >= 0.3 is 0 Å². The highest BCUT2D eigenvalue weighted by Gasteiger charge is 2.29. The van der Waals surface area contributed by atoms with Gasteiger partial charge in [0.15, 0.2) is 0 Å². The van der Waals surface area contributed by atoms with Crippen LogP contribution in [0.15, 0.2) is 0 Å². The molecule has 1 heteroatoms. The van der Waals surface area contributed by atoms with Gasteiger partial charge < -0.3 is 0 Å². The second-order valence-corrected chi connectivity index (χ2v) is 3.09. The molecule has 1 aliphatic rings.